The summed E-state index contributed by atoms with van der Waals surface area (Å²) in [7, 11) is 0. The van der Waals surface area contributed by atoms with E-state index in [1.54, 1.807) is 18.3 Å². The maximum Gasteiger partial charge on any atom is 0.269 e. The molecule has 0 bridgehead atoms. The van der Waals surface area contributed by atoms with Crippen LogP contribution in [-0.2, 0) is 0 Å². The second-order valence-corrected chi connectivity index (χ2v) is 11.5. The topological polar surface area (TPSA) is 84.4 Å². The van der Waals surface area contributed by atoms with Crippen LogP contribution < -0.4 is 10.2 Å². The molecule has 204 valence electrons. The lowest BCUT2D eigenvalue weighted by atomic mass is 10.0. The molecule has 0 radical (unpaired) electrons. The molecular formula is C31H23ClN4O3S2. The van der Waals surface area contributed by atoms with Crippen LogP contribution >= 0.6 is 35.6 Å². The van der Waals surface area contributed by atoms with E-state index in [1.807, 2.05) is 79.7 Å². The van der Waals surface area contributed by atoms with Crippen molar-refractivity contribution >= 4 is 52.1 Å². The van der Waals surface area contributed by atoms with E-state index in [-0.39, 0.29) is 17.8 Å². The van der Waals surface area contributed by atoms with Crippen LogP contribution in [0, 0.1) is 17.0 Å². The van der Waals surface area contributed by atoms with Crippen molar-refractivity contribution in [1.82, 2.24) is 10.3 Å². The van der Waals surface area contributed by atoms with E-state index in [0.717, 1.165) is 38.1 Å². The highest BCUT2D eigenvalue weighted by Gasteiger charge is 2.42. The summed E-state index contributed by atoms with van der Waals surface area (Å²) >= 11 is 13.8. The number of non-ortho nitro benzene ring substituents is 1. The normalized spacial score (nSPS) is 16.5. The predicted octanol–water partition coefficient (Wildman–Crippen LogP) is 8.54. The molecule has 5 aromatic rings. The number of hydrogen-bond acceptors (Lipinski definition) is 6. The highest BCUT2D eigenvalue weighted by Crippen LogP contribution is 2.43. The minimum atomic E-state index is -0.400. The van der Waals surface area contributed by atoms with Gasteiger partial charge in [0.2, 0.25) is 0 Å². The van der Waals surface area contributed by atoms with Crippen molar-refractivity contribution in [2.24, 2.45) is 0 Å². The number of benzene rings is 3. The van der Waals surface area contributed by atoms with E-state index in [2.05, 4.69) is 15.2 Å². The maximum absolute atomic E-state index is 11.0. The van der Waals surface area contributed by atoms with Gasteiger partial charge < -0.3 is 14.6 Å². The number of anilines is 1. The molecule has 41 heavy (non-hydrogen) atoms. The van der Waals surface area contributed by atoms with Crippen LogP contribution in [-0.4, -0.2) is 15.0 Å². The number of thiocarbonyl (C=S) groups is 1. The van der Waals surface area contributed by atoms with Crippen LogP contribution in [0.4, 0.5) is 11.4 Å². The molecule has 1 aliphatic rings. The van der Waals surface area contributed by atoms with Crippen LogP contribution in [0.2, 0.25) is 5.02 Å². The van der Waals surface area contributed by atoms with Gasteiger partial charge in [-0.2, -0.15) is 0 Å². The largest absolute Gasteiger partial charge is 0.459 e. The van der Waals surface area contributed by atoms with Gasteiger partial charge in [-0.1, -0.05) is 41.6 Å². The fraction of sp³-hybridized carbons (Fsp3) is 0.0968. The van der Waals surface area contributed by atoms with Crippen LogP contribution in [0.1, 0.15) is 29.1 Å². The molecule has 10 heteroatoms. The Labute approximate surface area is 251 Å². The lowest BCUT2D eigenvalue weighted by Gasteiger charge is -2.26. The number of nitro groups is 1. The molecule has 2 aromatic heterocycles. The van der Waals surface area contributed by atoms with Gasteiger partial charge in [-0.05, 0) is 91.4 Å². The summed E-state index contributed by atoms with van der Waals surface area (Å²) in [5, 5.41) is 15.7. The quantitative estimate of drug-likeness (QED) is 0.113. The summed E-state index contributed by atoms with van der Waals surface area (Å²) in [6, 6.07) is 29.7. The number of pyridine rings is 1. The molecular weight excluding hydrogens is 576 g/mol. The number of aromatic nitrogens is 1. The zero-order valence-corrected chi connectivity index (χ0v) is 24.1. The zero-order chi connectivity index (χ0) is 28.5. The molecule has 6 rings (SSSR count). The third kappa shape index (κ3) is 5.56. The Morgan fingerprint density at radius 3 is 2.39 bits per heavy atom. The van der Waals surface area contributed by atoms with E-state index in [1.165, 1.54) is 23.9 Å². The van der Waals surface area contributed by atoms with Gasteiger partial charge in [-0.15, -0.1) is 0 Å². The highest BCUT2D eigenvalue weighted by molar-refractivity contribution is 7.99. The highest BCUT2D eigenvalue weighted by atomic mass is 35.5. The number of nitrogens with one attached hydrogen (secondary N) is 1. The Bertz CT molecular complexity index is 1730. The minimum absolute atomic E-state index is 0.0693. The standard InChI is InChI=1S/C31H23ClN4O3S2/c1-19-5-6-20(18-25(19)32)27-15-16-28(39-27)30-29(26-4-2-3-17-33-26)34-31(40)35(30)21-7-11-23(12-8-21)41-24-13-9-22(10-14-24)36(37)38/h2-18,29-30H,1H3,(H,34,40)/t29-,30+/m0/s1. The molecule has 7 nitrogen and oxygen atoms in total. The van der Waals surface area contributed by atoms with Gasteiger partial charge in [-0.3, -0.25) is 15.1 Å². The van der Waals surface area contributed by atoms with Gasteiger partial charge in [0.05, 0.1) is 16.7 Å². The lowest BCUT2D eigenvalue weighted by Crippen LogP contribution is -2.29. The monoisotopic (exact) mass is 598 g/mol. The predicted molar refractivity (Wildman–Crippen MR) is 165 cm³/mol. The third-order valence-corrected chi connectivity index (χ3v) is 8.61. The zero-order valence-electron chi connectivity index (χ0n) is 21.7. The summed E-state index contributed by atoms with van der Waals surface area (Å²) in [6.07, 6.45) is 1.77. The van der Waals surface area contributed by atoms with E-state index in [4.69, 9.17) is 28.2 Å². The van der Waals surface area contributed by atoms with Gasteiger partial charge in [0.25, 0.3) is 5.69 Å². The van der Waals surface area contributed by atoms with Crippen molar-refractivity contribution in [3.8, 4) is 11.3 Å². The molecule has 0 amide bonds. The Kier molecular flexibility index (Phi) is 7.49. The number of halogens is 1. The molecule has 2 atom stereocenters. The maximum atomic E-state index is 11.0. The molecule has 3 heterocycles. The fourth-order valence-corrected chi connectivity index (χ4v) is 6.12. The molecule has 1 N–H and O–H groups in total. The SMILES string of the molecule is Cc1ccc(-c2ccc([C@@H]3[C@H](c4ccccn4)NC(=S)N3c3ccc(Sc4ccc([N+](=O)[O-])cc4)cc3)o2)cc1Cl. The van der Waals surface area contributed by atoms with Gasteiger partial charge in [-0.25, -0.2) is 0 Å². The smallest absolute Gasteiger partial charge is 0.269 e. The van der Waals surface area contributed by atoms with Gasteiger partial charge in [0, 0.05) is 44.4 Å². The Hall–Kier alpha value is -4.18. The van der Waals surface area contributed by atoms with E-state index >= 15 is 0 Å². The van der Waals surface area contributed by atoms with Crippen molar-refractivity contribution in [3.63, 3.8) is 0 Å². The number of nitrogens with zero attached hydrogens (tertiary/aromatic N) is 3. The first-order chi connectivity index (χ1) is 19.9. The van der Waals surface area contributed by atoms with Gasteiger partial charge in [0.1, 0.15) is 17.6 Å². The molecule has 1 fully saturated rings. The number of hydrogen-bond donors (Lipinski definition) is 1. The fourth-order valence-electron chi connectivity index (χ4n) is 4.78. The van der Waals surface area contributed by atoms with E-state index in [9.17, 15) is 10.1 Å². The van der Waals surface area contributed by atoms with Crippen molar-refractivity contribution in [2.45, 2.75) is 28.8 Å². The van der Waals surface area contributed by atoms with Crippen molar-refractivity contribution in [2.75, 3.05) is 4.90 Å². The number of aryl methyl sites for hydroxylation is 1. The summed E-state index contributed by atoms with van der Waals surface area (Å²) < 4.78 is 6.45. The van der Waals surface area contributed by atoms with Crippen molar-refractivity contribution in [3.05, 3.63) is 135 Å². The first-order valence-corrected chi connectivity index (χ1v) is 14.4. The molecule has 0 unspecified atom stereocenters. The number of nitro benzene ring substituents is 1. The van der Waals surface area contributed by atoms with Gasteiger partial charge >= 0.3 is 0 Å². The minimum Gasteiger partial charge on any atom is -0.459 e. The van der Waals surface area contributed by atoms with Crippen LogP contribution in [0.5, 0.6) is 0 Å². The Morgan fingerprint density at radius 1 is 1.00 bits per heavy atom. The molecule has 0 aliphatic carbocycles. The van der Waals surface area contributed by atoms with Crippen molar-refractivity contribution in [1.29, 1.82) is 0 Å². The Morgan fingerprint density at radius 2 is 1.73 bits per heavy atom. The third-order valence-electron chi connectivity index (χ3n) is 6.87. The number of rotatable bonds is 7. The van der Waals surface area contributed by atoms with Crippen LogP contribution in [0.3, 0.4) is 0 Å². The van der Waals surface area contributed by atoms with E-state index in [0.29, 0.717) is 15.9 Å². The first kappa shape index (κ1) is 27.0. The average Bonchev–Trinajstić information content (AvgIpc) is 3.60. The number of furan rings is 1. The summed E-state index contributed by atoms with van der Waals surface area (Å²) in [5.41, 5.74) is 3.72. The van der Waals surface area contributed by atoms with E-state index < -0.39 is 4.92 Å². The molecule has 3 aromatic carbocycles. The molecule has 0 spiro atoms. The van der Waals surface area contributed by atoms with Crippen molar-refractivity contribution < 1.29 is 9.34 Å². The molecule has 1 aliphatic heterocycles. The Balaban J connectivity index is 1.32. The molecule has 1 saturated heterocycles. The van der Waals surface area contributed by atoms with Crippen LogP contribution in [0.25, 0.3) is 11.3 Å². The van der Waals surface area contributed by atoms with Gasteiger partial charge in [0.15, 0.2) is 5.11 Å². The first-order valence-electron chi connectivity index (χ1n) is 12.8. The second kappa shape index (κ2) is 11.4. The molecule has 0 saturated carbocycles. The summed E-state index contributed by atoms with van der Waals surface area (Å²) in [4.78, 5) is 19.1. The second-order valence-electron chi connectivity index (χ2n) is 9.51. The summed E-state index contributed by atoms with van der Waals surface area (Å²) in [6.45, 7) is 1.97. The lowest BCUT2D eigenvalue weighted by molar-refractivity contribution is -0.384. The van der Waals surface area contributed by atoms with Crippen LogP contribution in [0.15, 0.2) is 117 Å². The summed E-state index contributed by atoms with van der Waals surface area (Å²) in [5.74, 6) is 1.46. The average molecular weight is 599 g/mol.